The average molecular weight is 165 g/mol. The molecule has 0 saturated carbocycles. The fraction of sp³-hybridized carbons (Fsp3) is 1.00. The summed E-state index contributed by atoms with van der Waals surface area (Å²) in [5.74, 6) is 0.645. The average Bonchev–Trinajstić information content (AvgIpc) is 1.63. The molecular formula is C7H19NOS. The van der Waals surface area contributed by atoms with Gasteiger partial charge < -0.3 is 10.8 Å². The predicted octanol–water partition coefficient (Wildman–Crippen LogP) is 0.855. The zero-order chi connectivity index (χ0) is 7.28. The molecule has 2 nitrogen and oxygen atoms in total. The van der Waals surface area contributed by atoms with Crippen molar-refractivity contribution in [1.29, 1.82) is 0 Å². The van der Waals surface area contributed by atoms with E-state index in [0.29, 0.717) is 5.92 Å². The van der Waals surface area contributed by atoms with Crippen molar-refractivity contribution >= 4 is 13.5 Å². The van der Waals surface area contributed by atoms with E-state index in [9.17, 15) is 0 Å². The van der Waals surface area contributed by atoms with Crippen molar-refractivity contribution in [2.75, 3.05) is 6.61 Å². The standard InChI is InChI=1S/C7H17NO.H2S/c1-6(2)5-7(8)3-4-9;/h6-7,9H,3-5,8H2,1-2H3;1H2/t7-;/m1./s1. The Morgan fingerprint density at radius 2 is 1.90 bits per heavy atom. The number of rotatable bonds is 4. The summed E-state index contributed by atoms with van der Waals surface area (Å²) in [5, 5.41) is 8.47. The van der Waals surface area contributed by atoms with Crippen molar-refractivity contribution in [1.82, 2.24) is 0 Å². The van der Waals surface area contributed by atoms with E-state index in [1.165, 1.54) is 0 Å². The molecule has 0 aliphatic carbocycles. The van der Waals surface area contributed by atoms with Crippen molar-refractivity contribution in [2.45, 2.75) is 32.7 Å². The first-order valence-corrected chi connectivity index (χ1v) is 3.53. The van der Waals surface area contributed by atoms with Gasteiger partial charge in [-0.2, -0.15) is 13.5 Å². The van der Waals surface area contributed by atoms with Crippen LogP contribution in [-0.2, 0) is 0 Å². The summed E-state index contributed by atoms with van der Waals surface area (Å²) >= 11 is 0. The molecule has 0 aromatic rings. The van der Waals surface area contributed by atoms with Gasteiger partial charge in [0.05, 0.1) is 0 Å². The van der Waals surface area contributed by atoms with Crippen LogP contribution < -0.4 is 5.73 Å². The normalized spacial score (nSPS) is 12.9. The van der Waals surface area contributed by atoms with Gasteiger partial charge in [0.2, 0.25) is 0 Å². The van der Waals surface area contributed by atoms with E-state index in [0.717, 1.165) is 12.8 Å². The number of aliphatic hydroxyl groups is 1. The van der Waals surface area contributed by atoms with Gasteiger partial charge >= 0.3 is 0 Å². The Morgan fingerprint density at radius 1 is 1.40 bits per heavy atom. The van der Waals surface area contributed by atoms with Crippen molar-refractivity contribution in [3.05, 3.63) is 0 Å². The molecule has 0 unspecified atom stereocenters. The van der Waals surface area contributed by atoms with Crippen LogP contribution in [0.15, 0.2) is 0 Å². The van der Waals surface area contributed by atoms with Crippen molar-refractivity contribution in [2.24, 2.45) is 11.7 Å². The number of hydrogen-bond donors (Lipinski definition) is 2. The maximum absolute atomic E-state index is 8.47. The minimum absolute atomic E-state index is 0. The van der Waals surface area contributed by atoms with Crippen LogP contribution in [0.5, 0.6) is 0 Å². The van der Waals surface area contributed by atoms with Crippen molar-refractivity contribution < 1.29 is 5.11 Å². The number of hydrogen-bond acceptors (Lipinski definition) is 2. The molecule has 0 heterocycles. The van der Waals surface area contributed by atoms with Gasteiger partial charge in [0.25, 0.3) is 0 Å². The maximum Gasteiger partial charge on any atom is 0.0445 e. The first-order valence-electron chi connectivity index (χ1n) is 3.53. The highest BCUT2D eigenvalue weighted by Gasteiger charge is 2.02. The first kappa shape index (κ1) is 12.9. The third kappa shape index (κ3) is 8.27. The highest BCUT2D eigenvalue weighted by Crippen LogP contribution is 2.04. The van der Waals surface area contributed by atoms with Crippen LogP contribution in [0.25, 0.3) is 0 Å². The Bertz CT molecular complexity index is 68.6. The molecule has 0 aromatic heterocycles. The van der Waals surface area contributed by atoms with Gasteiger partial charge in [-0.05, 0) is 18.8 Å². The van der Waals surface area contributed by atoms with Crippen LogP contribution >= 0.6 is 13.5 Å². The second-order valence-electron chi connectivity index (χ2n) is 2.90. The molecule has 10 heavy (non-hydrogen) atoms. The monoisotopic (exact) mass is 165 g/mol. The minimum atomic E-state index is 0. The molecule has 3 heteroatoms. The summed E-state index contributed by atoms with van der Waals surface area (Å²) in [6.45, 7) is 4.49. The van der Waals surface area contributed by atoms with Gasteiger partial charge in [0.15, 0.2) is 0 Å². The molecule has 0 fully saturated rings. The van der Waals surface area contributed by atoms with Crippen LogP contribution in [-0.4, -0.2) is 17.8 Å². The number of aliphatic hydroxyl groups excluding tert-OH is 1. The predicted molar refractivity (Wildman–Crippen MR) is 49.5 cm³/mol. The zero-order valence-corrected chi connectivity index (χ0v) is 7.80. The summed E-state index contributed by atoms with van der Waals surface area (Å²) in [7, 11) is 0. The van der Waals surface area contributed by atoms with E-state index in [4.69, 9.17) is 10.8 Å². The first-order chi connectivity index (χ1) is 4.16. The highest BCUT2D eigenvalue weighted by molar-refractivity contribution is 7.59. The fourth-order valence-electron chi connectivity index (χ4n) is 0.889. The molecule has 64 valence electrons. The SMILES string of the molecule is CC(C)C[C@H](N)CCO.S. The second-order valence-corrected chi connectivity index (χ2v) is 2.90. The third-order valence-electron chi connectivity index (χ3n) is 1.27. The molecule has 0 rings (SSSR count). The molecule has 0 radical (unpaired) electrons. The second kappa shape index (κ2) is 7.38. The summed E-state index contributed by atoms with van der Waals surface area (Å²) in [6.07, 6.45) is 1.75. The smallest absolute Gasteiger partial charge is 0.0445 e. The van der Waals surface area contributed by atoms with E-state index < -0.39 is 0 Å². The van der Waals surface area contributed by atoms with Gasteiger partial charge in [-0.15, -0.1) is 0 Å². The maximum atomic E-state index is 8.47. The molecule has 0 aliphatic heterocycles. The molecule has 0 aliphatic rings. The van der Waals surface area contributed by atoms with Crippen LogP contribution in [0.4, 0.5) is 0 Å². The van der Waals surface area contributed by atoms with E-state index >= 15 is 0 Å². The molecule has 0 spiro atoms. The van der Waals surface area contributed by atoms with Gasteiger partial charge in [0, 0.05) is 12.6 Å². The van der Waals surface area contributed by atoms with E-state index in [2.05, 4.69) is 13.8 Å². The molecule has 0 aromatic carbocycles. The molecular weight excluding hydrogens is 146 g/mol. The summed E-state index contributed by atoms with van der Waals surface area (Å²) in [6, 6.07) is 0.190. The van der Waals surface area contributed by atoms with Gasteiger partial charge in [-0.25, -0.2) is 0 Å². The van der Waals surface area contributed by atoms with E-state index in [1.54, 1.807) is 0 Å². The largest absolute Gasteiger partial charge is 0.396 e. The molecule has 0 saturated heterocycles. The lowest BCUT2D eigenvalue weighted by Crippen LogP contribution is -2.23. The fourth-order valence-corrected chi connectivity index (χ4v) is 0.889. The van der Waals surface area contributed by atoms with Gasteiger partial charge in [-0.1, -0.05) is 13.8 Å². The topological polar surface area (TPSA) is 46.2 Å². The van der Waals surface area contributed by atoms with Crippen LogP contribution in [0, 0.1) is 5.92 Å². The molecule has 0 amide bonds. The molecule has 3 N–H and O–H groups in total. The van der Waals surface area contributed by atoms with Gasteiger partial charge in [-0.3, -0.25) is 0 Å². The van der Waals surface area contributed by atoms with Crippen LogP contribution in [0.2, 0.25) is 0 Å². The van der Waals surface area contributed by atoms with Gasteiger partial charge in [0.1, 0.15) is 0 Å². The molecule has 1 atom stereocenters. The minimum Gasteiger partial charge on any atom is -0.396 e. The van der Waals surface area contributed by atoms with Crippen LogP contribution in [0.1, 0.15) is 26.7 Å². The van der Waals surface area contributed by atoms with E-state index in [-0.39, 0.29) is 26.1 Å². The molecule has 0 bridgehead atoms. The van der Waals surface area contributed by atoms with Crippen molar-refractivity contribution in [3.63, 3.8) is 0 Å². The Balaban J connectivity index is 0. The Hall–Kier alpha value is 0.270. The zero-order valence-electron chi connectivity index (χ0n) is 6.80. The Labute approximate surface area is 70.3 Å². The summed E-state index contributed by atoms with van der Waals surface area (Å²) < 4.78 is 0. The lowest BCUT2D eigenvalue weighted by atomic mass is 10.0. The number of nitrogens with two attached hydrogens (primary N) is 1. The van der Waals surface area contributed by atoms with Crippen molar-refractivity contribution in [3.8, 4) is 0 Å². The third-order valence-corrected chi connectivity index (χ3v) is 1.27. The van der Waals surface area contributed by atoms with Crippen LogP contribution in [0.3, 0.4) is 0 Å². The lowest BCUT2D eigenvalue weighted by Gasteiger charge is -2.11. The lowest BCUT2D eigenvalue weighted by molar-refractivity contribution is 0.268. The Kier molecular flexibility index (Phi) is 9.52. The van der Waals surface area contributed by atoms with E-state index in [1.807, 2.05) is 0 Å². The summed E-state index contributed by atoms with van der Waals surface area (Å²) in [5.41, 5.74) is 5.63. The Morgan fingerprint density at radius 3 is 2.20 bits per heavy atom. The quantitative estimate of drug-likeness (QED) is 0.649. The highest BCUT2D eigenvalue weighted by atomic mass is 32.1. The summed E-state index contributed by atoms with van der Waals surface area (Å²) in [4.78, 5) is 0.